The Kier molecular flexibility index (Phi) is 5.04. The lowest BCUT2D eigenvalue weighted by Gasteiger charge is -2.40. The summed E-state index contributed by atoms with van der Waals surface area (Å²) in [6, 6.07) is 4.68. The van der Waals surface area contributed by atoms with E-state index in [0.717, 1.165) is 19.4 Å². The Hall–Kier alpha value is -0.130. The molecule has 1 aliphatic rings. The zero-order valence-corrected chi connectivity index (χ0v) is 13.2. The third kappa shape index (κ3) is 3.25. The van der Waals surface area contributed by atoms with Gasteiger partial charge in [0.05, 0.1) is 4.47 Å². The molecule has 0 spiro atoms. The summed E-state index contributed by atoms with van der Waals surface area (Å²) in [5, 5.41) is 0. The van der Waals surface area contributed by atoms with Crippen LogP contribution in [0.5, 0.6) is 5.75 Å². The van der Waals surface area contributed by atoms with Crippen LogP contribution in [0.2, 0.25) is 0 Å². The third-order valence-electron chi connectivity index (χ3n) is 2.87. The van der Waals surface area contributed by atoms with Crippen molar-refractivity contribution in [3.05, 3.63) is 28.5 Å². The number of benzene rings is 1. The van der Waals surface area contributed by atoms with E-state index in [1.54, 1.807) is 12.1 Å². The maximum Gasteiger partial charge on any atom is 0.137 e. The average Bonchev–Trinajstić information content (AvgIpc) is 2.33. The van der Waals surface area contributed by atoms with Crippen LogP contribution in [-0.2, 0) is 4.74 Å². The largest absolute Gasteiger partial charge is 0.488 e. The summed E-state index contributed by atoms with van der Waals surface area (Å²) in [7, 11) is 0. The van der Waals surface area contributed by atoms with Crippen molar-refractivity contribution >= 4 is 31.9 Å². The fourth-order valence-electron chi connectivity index (χ4n) is 1.83. The van der Waals surface area contributed by atoms with Crippen molar-refractivity contribution in [3.8, 4) is 5.75 Å². The molecule has 1 fully saturated rings. The van der Waals surface area contributed by atoms with E-state index in [1.165, 1.54) is 6.07 Å². The second-order valence-corrected chi connectivity index (χ2v) is 6.35. The maximum atomic E-state index is 13.1. The van der Waals surface area contributed by atoms with Crippen molar-refractivity contribution in [2.45, 2.75) is 36.8 Å². The molecule has 1 aromatic carbocycles. The van der Waals surface area contributed by atoms with Crippen LogP contribution in [0.4, 0.5) is 4.39 Å². The molecule has 0 radical (unpaired) electrons. The molecule has 0 bridgehead atoms. The van der Waals surface area contributed by atoms with Crippen molar-refractivity contribution in [1.29, 1.82) is 0 Å². The van der Waals surface area contributed by atoms with Gasteiger partial charge in [0.15, 0.2) is 0 Å². The van der Waals surface area contributed by atoms with E-state index in [9.17, 15) is 4.39 Å². The first-order valence-corrected chi connectivity index (χ1v) is 7.70. The number of rotatable bonds is 5. The summed E-state index contributed by atoms with van der Waals surface area (Å²) >= 11 is 6.71. The second kappa shape index (κ2) is 6.35. The van der Waals surface area contributed by atoms with Crippen molar-refractivity contribution < 1.29 is 13.9 Å². The number of alkyl halides is 1. The Morgan fingerprint density at radius 2 is 2.22 bits per heavy atom. The highest BCUT2D eigenvalue weighted by Gasteiger charge is 2.42. The molecule has 0 heterocycles. The van der Waals surface area contributed by atoms with Gasteiger partial charge in [-0.15, -0.1) is 0 Å². The lowest BCUT2D eigenvalue weighted by Crippen LogP contribution is -2.52. The number of hydrogen-bond donors (Lipinski definition) is 0. The van der Waals surface area contributed by atoms with Crippen LogP contribution >= 0.6 is 31.9 Å². The molecule has 3 atom stereocenters. The highest BCUT2D eigenvalue weighted by Crippen LogP contribution is 2.35. The summed E-state index contributed by atoms with van der Waals surface area (Å²) in [4.78, 5) is 0.345. The van der Waals surface area contributed by atoms with Gasteiger partial charge in [-0.25, -0.2) is 4.39 Å². The Bertz CT molecular complexity index is 414. The molecular formula is C13H15Br2FO2. The van der Waals surface area contributed by atoms with Crippen LogP contribution in [0.3, 0.4) is 0 Å². The van der Waals surface area contributed by atoms with Crippen molar-refractivity contribution in [2.75, 3.05) is 6.61 Å². The molecule has 0 aromatic heterocycles. The molecule has 1 aliphatic carbocycles. The Morgan fingerprint density at radius 3 is 2.83 bits per heavy atom. The van der Waals surface area contributed by atoms with Gasteiger partial charge in [0.1, 0.15) is 23.8 Å². The molecule has 2 nitrogen and oxygen atoms in total. The van der Waals surface area contributed by atoms with E-state index in [1.807, 2.05) is 0 Å². The van der Waals surface area contributed by atoms with Crippen molar-refractivity contribution in [3.63, 3.8) is 0 Å². The van der Waals surface area contributed by atoms with Crippen LogP contribution in [0.15, 0.2) is 22.7 Å². The summed E-state index contributed by atoms with van der Waals surface area (Å²) in [5.74, 6) is 0.380. The van der Waals surface area contributed by atoms with Crippen LogP contribution in [-0.4, -0.2) is 23.6 Å². The fraction of sp³-hybridized carbons (Fsp3) is 0.538. The van der Waals surface area contributed by atoms with Crippen LogP contribution in [0.1, 0.15) is 19.8 Å². The van der Waals surface area contributed by atoms with Crippen molar-refractivity contribution in [1.82, 2.24) is 0 Å². The quantitative estimate of drug-likeness (QED) is 0.708. The van der Waals surface area contributed by atoms with E-state index < -0.39 is 0 Å². The van der Waals surface area contributed by atoms with Gasteiger partial charge in [-0.1, -0.05) is 22.9 Å². The number of hydrogen-bond acceptors (Lipinski definition) is 2. The van der Waals surface area contributed by atoms with E-state index in [0.29, 0.717) is 15.0 Å². The molecule has 0 amide bonds. The molecule has 100 valence electrons. The Labute approximate surface area is 123 Å². The SMILES string of the molecule is CCCOC1C(Br)CC1Oc1ccc(F)c(Br)c1. The minimum Gasteiger partial charge on any atom is -0.488 e. The molecule has 5 heteroatoms. The molecular weight excluding hydrogens is 367 g/mol. The second-order valence-electron chi connectivity index (χ2n) is 4.32. The Balaban J connectivity index is 1.94. The Morgan fingerprint density at radius 1 is 1.44 bits per heavy atom. The van der Waals surface area contributed by atoms with Crippen molar-refractivity contribution in [2.24, 2.45) is 0 Å². The van der Waals surface area contributed by atoms with Gasteiger partial charge in [0.25, 0.3) is 0 Å². The highest BCUT2D eigenvalue weighted by molar-refractivity contribution is 9.10. The van der Waals surface area contributed by atoms with E-state index in [-0.39, 0.29) is 18.0 Å². The molecule has 2 rings (SSSR count). The first kappa shape index (κ1) is 14.3. The van der Waals surface area contributed by atoms with Crippen LogP contribution < -0.4 is 4.74 Å². The average molecular weight is 382 g/mol. The summed E-state index contributed by atoms with van der Waals surface area (Å²) in [6.45, 7) is 2.81. The third-order valence-corrected chi connectivity index (χ3v) is 4.38. The molecule has 3 unspecified atom stereocenters. The standard InChI is InChI=1S/C13H15Br2FO2/c1-2-5-17-13-10(15)7-12(13)18-8-3-4-11(16)9(14)6-8/h3-4,6,10,12-13H,2,5,7H2,1H3. The zero-order valence-electron chi connectivity index (χ0n) is 10.0. The normalized spacial score (nSPS) is 26.8. The van der Waals surface area contributed by atoms with E-state index >= 15 is 0 Å². The van der Waals surface area contributed by atoms with Gasteiger partial charge in [-0.3, -0.25) is 0 Å². The predicted octanol–water partition coefficient (Wildman–Crippen LogP) is 4.30. The van der Waals surface area contributed by atoms with Gasteiger partial charge in [-0.05, 0) is 40.5 Å². The van der Waals surface area contributed by atoms with Crippen LogP contribution in [0.25, 0.3) is 0 Å². The lowest BCUT2D eigenvalue weighted by atomic mass is 9.91. The fourth-order valence-corrected chi connectivity index (χ4v) is 3.05. The summed E-state index contributed by atoms with van der Waals surface area (Å²) < 4.78 is 25.1. The van der Waals surface area contributed by atoms with E-state index in [2.05, 4.69) is 38.8 Å². The number of halogens is 3. The summed E-state index contributed by atoms with van der Waals surface area (Å²) in [5.41, 5.74) is 0. The molecule has 0 saturated heterocycles. The van der Waals surface area contributed by atoms with Crippen LogP contribution in [0, 0.1) is 5.82 Å². The highest BCUT2D eigenvalue weighted by atomic mass is 79.9. The van der Waals surface area contributed by atoms with Gasteiger partial charge in [0.2, 0.25) is 0 Å². The number of ether oxygens (including phenoxy) is 2. The van der Waals surface area contributed by atoms with Gasteiger partial charge >= 0.3 is 0 Å². The molecule has 18 heavy (non-hydrogen) atoms. The molecule has 1 saturated carbocycles. The molecule has 1 aromatic rings. The zero-order chi connectivity index (χ0) is 13.1. The smallest absolute Gasteiger partial charge is 0.137 e. The molecule has 0 N–H and O–H groups in total. The lowest BCUT2D eigenvalue weighted by molar-refractivity contribution is -0.0762. The minimum absolute atomic E-state index is 0.0401. The maximum absolute atomic E-state index is 13.1. The first-order valence-electron chi connectivity index (χ1n) is 5.99. The summed E-state index contributed by atoms with van der Waals surface area (Å²) in [6.07, 6.45) is 2.01. The first-order chi connectivity index (χ1) is 8.61. The predicted molar refractivity (Wildman–Crippen MR) is 75.9 cm³/mol. The van der Waals surface area contributed by atoms with Gasteiger partial charge in [-0.2, -0.15) is 0 Å². The molecule has 0 aliphatic heterocycles. The topological polar surface area (TPSA) is 18.5 Å². The minimum atomic E-state index is -0.284. The van der Waals surface area contributed by atoms with Gasteiger partial charge in [0, 0.05) is 17.9 Å². The van der Waals surface area contributed by atoms with E-state index in [4.69, 9.17) is 9.47 Å². The van der Waals surface area contributed by atoms with Gasteiger partial charge < -0.3 is 9.47 Å². The monoisotopic (exact) mass is 380 g/mol.